The van der Waals surface area contributed by atoms with Crippen molar-refractivity contribution >= 4 is 46.6 Å². The minimum atomic E-state index is -1.79. The quantitative estimate of drug-likeness (QED) is 0.254. The summed E-state index contributed by atoms with van der Waals surface area (Å²) >= 11 is 12.2. The van der Waals surface area contributed by atoms with Crippen LogP contribution in [0, 0.1) is 5.82 Å². The normalized spacial score (nSPS) is 20.6. The number of halogens is 3. The molecule has 3 aromatic rings. The molecular formula is C32H28Cl2FNO6. The SMILES string of the molecule is CC(=O)c1cc(F)c2c(c1)C(=O)N(CC[C@@H](CC(=O)O)c1ccc(Cl)cc1)[C@@]2(O[C@H]1CCC(=O)C1)c1ccc(Cl)cc1. The summed E-state index contributed by atoms with van der Waals surface area (Å²) in [6.07, 6.45) is 0.165. The molecule has 218 valence electrons. The highest BCUT2D eigenvalue weighted by Gasteiger charge is 2.55. The van der Waals surface area contributed by atoms with Gasteiger partial charge in [-0.25, -0.2) is 4.39 Å². The summed E-state index contributed by atoms with van der Waals surface area (Å²) in [7, 11) is 0. The molecule has 1 N–H and O–H groups in total. The topological polar surface area (TPSA) is 101 Å². The number of hydrogen-bond donors (Lipinski definition) is 1. The van der Waals surface area contributed by atoms with E-state index in [9.17, 15) is 24.3 Å². The molecule has 0 bridgehead atoms. The van der Waals surface area contributed by atoms with Crippen LogP contribution in [0.1, 0.15) is 82.4 Å². The molecule has 3 aromatic carbocycles. The van der Waals surface area contributed by atoms with E-state index < -0.39 is 41.2 Å². The first-order chi connectivity index (χ1) is 20.0. The molecule has 10 heteroatoms. The summed E-state index contributed by atoms with van der Waals surface area (Å²) in [4.78, 5) is 51.8. The maximum Gasteiger partial charge on any atom is 0.303 e. The van der Waals surface area contributed by atoms with E-state index >= 15 is 4.39 Å². The van der Waals surface area contributed by atoms with Crippen molar-refractivity contribution in [2.75, 3.05) is 6.54 Å². The molecule has 1 saturated carbocycles. The molecule has 1 fully saturated rings. The van der Waals surface area contributed by atoms with E-state index in [0.717, 1.165) is 11.6 Å². The van der Waals surface area contributed by atoms with Gasteiger partial charge in [0.2, 0.25) is 0 Å². The van der Waals surface area contributed by atoms with Crippen LogP contribution in [-0.2, 0) is 20.1 Å². The molecule has 7 nitrogen and oxygen atoms in total. The Morgan fingerprint density at radius 2 is 1.71 bits per heavy atom. The zero-order valence-electron chi connectivity index (χ0n) is 22.7. The molecule has 42 heavy (non-hydrogen) atoms. The fourth-order valence-electron chi connectivity index (χ4n) is 5.91. The number of hydrogen-bond acceptors (Lipinski definition) is 5. The lowest BCUT2D eigenvalue weighted by molar-refractivity contribution is -0.146. The van der Waals surface area contributed by atoms with Gasteiger partial charge >= 0.3 is 5.97 Å². The zero-order chi connectivity index (χ0) is 30.2. The lowest BCUT2D eigenvalue weighted by atomic mass is 9.89. The van der Waals surface area contributed by atoms with Crippen molar-refractivity contribution in [2.24, 2.45) is 0 Å². The second kappa shape index (κ2) is 12.0. The summed E-state index contributed by atoms with van der Waals surface area (Å²) in [5, 5.41) is 10.6. The van der Waals surface area contributed by atoms with E-state index in [2.05, 4.69) is 0 Å². The highest BCUT2D eigenvalue weighted by molar-refractivity contribution is 6.30. The third kappa shape index (κ3) is 5.71. The first-order valence-corrected chi connectivity index (χ1v) is 14.3. The number of amides is 1. The van der Waals surface area contributed by atoms with Crippen molar-refractivity contribution in [2.45, 2.75) is 56.8 Å². The highest BCUT2D eigenvalue weighted by Crippen LogP contribution is 2.49. The van der Waals surface area contributed by atoms with Crippen LogP contribution in [0.15, 0.2) is 60.7 Å². The van der Waals surface area contributed by atoms with Crippen molar-refractivity contribution in [1.82, 2.24) is 4.90 Å². The average Bonchev–Trinajstić information content (AvgIpc) is 3.45. The number of carboxylic acid groups (broad SMARTS) is 1. The summed E-state index contributed by atoms with van der Waals surface area (Å²) in [5.41, 5.74) is -0.711. The number of ether oxygens (including phenoxy) is 1. The number of carbonyl (C=O) groups excluding carboxylic acids is 3. The smallest absolute Gasteiger partial charge is 0.303 e. The molecule has 0 spiro atoms. The average molecular weight is 612 g/mol. The van der Waals surface area contributed by atoms with Crippen LogP contribution in [0.4, 0.5) is 4.39 Å². The van der Waals surface area contributed by atoms with Crippen molar-refractivity contribution in [1.29, 1.82) is 0 Å². The molecule has 1 aliphatic heterocycles. The van der Waals surface area contributed by atoms with Crippen LogP contribution in [0.5, 0.6) is 0 Å². The number of aliphatic carboxylic acids is 1. The summed E-state index contributed by atoms with van der Waals surface area (Å²) in [5.74, 6) is -3.31. The Kier molecular flexibility index (Phi) is 8.51. The molecule has 1 amide bonds. The first kappa shape index (κ1) is 29.9. The molecular weight excluding hydrogens is 584 g/mol. The predicted molar refractivity (Wildman–Crippen MR) is 154 cm³/mol. The Morgan fingerprint density at radius 1 is 1.07 bits per heavy atom. The molecule has 1 heterocycles. The second-order valence-corrected chi connectivity index (χ2v) is 11.6. The predicted octanol–water partition coefficient (Wildman–Crippen LogP) is 6.78. The molecule has 3 atom stereocenters. The van der Waals surface area contributed by atoms with Crippen LogP contribution < -0.4 is 0 Å². The van der Waals surface area contributed by atoms with Crippen molar-refractivity contribution in [3.8, 4) is 0 Å². The highest BCUT2D eigenvalue weighted by atomic mass is 35.5. The van der Waals surface area contributed by atoms with Gasteiger partial charge in [0.1, 0.15) is 11.6 Å². The molecule has 2 aliphatic rings. The fourth-order valence-corrected chi connectivity index (χ4v) is 6.16. The van der Waals surface area contributed by atoms with Crippen LogP contribution in [0.3, 0.4) is 0 Å². The summed E-state index contributed by atoms with van der Waals surface area (Å²) in [6.45, 7) is 1.26. The number of fused-ring (bicyclic) bond motifs is 1. The Balaban J connectivity index is 1.66. The van der Waals surface area contributed by atoms with E-state index in [-0.39, 0.29) is 48.3 Å². The fraction of sp³-hybridized carbons (Fsp3) is 0.312. The van der Waals surface area contributed by atoms with E-state index in [0.29, 0.717) is 28.5 Å². The third-order valence-corrected chi connectivity index (χ3v) is 8.43. The van der Waals surface area contributed by atoms with Gasteiger partial charge < -0.3 is 14.7 Å². The van der Waals surface area contributed by atoms with E-state index in [1.54, 1.807) is 48.5 Å². The third-order valence-electron chi connectivity index (χ3n) is 7.93. The second-order valence-electron chi connectivity index (χ2n) is 10.7. The van der Waals surface area contributed by atoms with Crippen LogP contribution >= 0.6 is 23.2 Å². The summed E-state index contributed by atoms with van der Waals surface area (Å²) < 4.78 is 22.8. The molecule has 5 rings (SSSR count). The lowest BCUT2D eigenvalue weighted by Crippen LogP contribution is -2.49. The van der Waals surface area contributed by atoms with Gasteiger partial charge in [-0.3, -0.25) is 19.2 Å². The van der Waals surface area contributed by atoms with Crippen molar-refractivity contribution < 1.29 is 33.4 Å². The van der Waals surface area contributed by atoms with Gasteiger partial charge in [-0.05, 0) is 67.6 Å². The Labute approximate surface area is 252 Å². The standard InChI is InChI=1S/C32H28Cl2FNO6/c1-18(37)21-14-27-30(28(35)15-21)32(22-4-8-24(34)9-5-22,42-26-11-10-25(38)17-26)36(31(27)41)13-12-20(16-29(39)40)19-2-6-23(33)7-3-19/h2-9,14-15,20,26H,10-13,16-17H2,1H3,(H,39,40)/t20-,26-,32+/m0/s1. The number of Topliss-reactive ketones (excluding diaryl/α,β-unsaturated/α-hetero) is 2. The molecule has 0 unspecified atom stereocenters. The largest absolute Gasteiger partial charge is 0.481 e. The molecule has 0 radical (unpaired) electrons. The van der Waals surface area contributed by atoms with Gasteiger partial charge in [0.15, 0.2) is 11.5 Å². The van der Waals surface area contributed by atoms with Gasteiger partial charge in [-0.1, -0.05) is 47.5 Å². The van der Waals surface area contributed by atoms with Crippen LogP contribution in [0.25, 0.3) is 0 Å². The van der Waals surface area contributed by atoms with Gasteiger partial charge in [-0.15, -0.1) is 0 Å². The Bertz CT molecular complexity index is 1560. The Hall–Kier alpha value is -3.59. The lowest BCUT2D eigenvalue weighted by Gasteiger charge is -2.41. The zero-order valence-corrected chi connectivity index (χ0v) is 24.3. The monoisotopic (exact) mass is 611 g/mol. The molecule has 0 aromatic heterocycles. The van der Waals surface area contributed by atoms with Crippen molar-refractivity contribution in [3.05, 3.63) is 104 Å². The van der Waals surface area contributed by atoms with Gasteiger partial charge in [0.25, 0.3) is 5.91 Å². The van der Waals surface area contributed by atoms with Crippen LogP contribution in [0.2, 0.25) is 10.0 Å². The van der Waals surface area contributed by atoms with E-state index in [4.69, 9.17) is 27.9 Å². The summed E-state index contributed by atoms with van der Waals surface area (Å²) in [6, 6.07) is 15.7. The maximum atomic E-state index is 16.1. The van der Waals surface area contributed by atoms with Gasteiger partial charge in [0.05, 0.1) is 23.7 Å². The van der Waals surface area contributed by atoms with Crippen molar-refractivity contribution in [3.63, 3.8) is 0 Å². The van der Waals surface area contributed by atoms with Gasteiger partial charge in [-0.2, -0.15) is 0 Å². The number of benzene rings is 3. The van der Waals surface area contributed by atoms with Gasteiger partial charge in [0, 0.05) is 40.6 Å². The Morgan fingerprint density at radius 3 is 2.29 bits per heavy atom. The number of ketones is 2. The number of rotatable bonds is 10. The van der Waals surface area contributed by atoms with Crippen LogP contribution in [-0.4, -0.2) is 46.1 Å². The number of carbonyl (C=O) groups is 4. The minimum Gasteiger partial charge on any atom is -0.481 e. The van der Waals surface area contributed by atoms with E-state index in [1.807, 2.05) is 0 Å². The van der Waals surface area contributed by atoms with E-state index in [1.165, 1.54) is 17.9 Å². The number of nitrogens with zero attached hydrogens (tertiary/aromatic N) is 1. The molecule has 1 aliphatic carbocycles. The first-order valence-electron chi connectivity index (χ1n) is 13.6. The number of carboxylic acids is 1. The maximum absolute atomic E-state index is 16.1. The molecule has 0 saturated heterocycles. The minimum absolute atomic E-state index is 0.000914.